The van der Waals surface area contributed by atoms with Crippen molar-refractivity contribution >= 4 is 23.5 Å². The number of carbonyl (C=O) groups excluding carboxylic acids is 1. The second kappa shape index (κ2) is 11.0. The van der Waals surface area contributed by atoms with E-state index in [4.69, 9.17) is 5.26 Å². The molecule has 0 aliphatic carbocycles. The number of thioether (sulfide) groups is 1. The van der Waals surface area contributed by atoms with Gasteiger partial charge in [-0.2, -0.15) is 5.26 Å². The third-order valence-electron chi connectivity index (χ3n) is 3.16. The lowest BCUT2D eigenvalue weighted by Crippen LogP contribution is -2.29. The number of benzene rings is 1. The number of urea groups is 1. The SMILES string of the molecule is CCCCCCNC(=O)Nc1ccccc1SCC(C)C#N. The Balaban J connectivity index is 2.44. The average molecular weight is 319 g/mol. The minimum absolute atomic E-state index is 0.00884. The molecule has 120 valence electrons. The molecule has 1 unspecified atom stereocenters. The number of hydrogen-bond donors (Lipinski definition) is 2. The van der Waals surface area contributed by atoms with Gasteiger partial charge in [0.25, 0.3) is 0 Å². The summed E-state index contributed by atoms with van der Waals surface area (Å²) in [4.78, 5) is 12.9. The molecule has 0 heterocycles. The number of nitrogens with zero attached hydrogens (tertiary/aromatic N) is 1. The van der Waals surface area contributed by atoms with Crippen LogP contribution in [0.15, 0.2) is 29.2 Å². The van der Waals surface area contributed by atoms with Crippen LogP contribution in [-0.4, -0.2) is 18.3 Å². The quantitative estimate of drug-likeness (QED) is 0.515. The summed E-state index contributed by atoms with van der Waals surface area (Å²) in [7, 11) is 0. The predicted molar refractivity (Wildman–Crippen MR) is 93.1 cm³/mol. The van der Waals surface area contributed by atoms with E-state index in [2.05, 4.69) is 23.6 Å². The topological polar surface area (TPSA) is 64.9 Å². The van der Waals surface area contributed by atoms with Gasteiger partial charge in [-0.25, -0.2) is 4.79 Å². The number of para-hydroxylation sites is 1. The Kier molecular flexibility index (Phi) is 9.17. The van der Waals surface area contributed by atoms with Crippen molar-refractivity contribution in [3.8, 4) is 6.07 Å². The molecular weight excluding hydrogens is 294 g/mol. The van der Waals surface area contributed by atoms with Crippen molar-refractivity contribution in [3.05, 3.63) is 24.3 Å². The van der Waals surface area contributed by atoms with Gasteiger partial charge in [-0.05, 0) is 25.5 Å². The molecule has 0 aliphatic rings. The summed E-state index contributed by atoms with van der Waals surface area (Å²) in [6, 6.07) is 9.73. The van der Waals surface area contributed by atoms with E-state index in [9.17, 15) is 4.79 Å². The normalized spacial score (nSPS) is 11.5. The Morgan fingerprint density at radius 3 is 2.82 bits per heavy atom. The number of anilines is 1. The molecular formula is C17H25N3OS. The largest absolute Gasteiger partial charge is 0.338 e. The van der Waals surface area contributed by atoms with E-state index in [1.165, 1.54) is 12.8 Å². The second-order valence-corrected chi connectivity index (χ2v) is 6.34. The lowest BCUT2D eigenvalue weighted by Gasteiger charge is -2.12. The summed E-state index contributed by atoms with van der Waals surface area (Å²) in [6.07, 6.45) is 4.56. The van der Waals surface area contributed by atoms with Gasteiger partial charge in [-0.15, -0.1) is 11.8 Å². The van der Waals surface area contributed by atoms with E-state index in [1.807, 2.05) is 31.2 Å². The van der Waals surface area contributed by atoms with Gasteiger partial charge in [0.15, 0.2) is 0 Å². The number of amides is 2. The molecule has 0 fully saturated rings. The molecule has 1 rings (SSSR count). The molecule has 1 aromatic rings. The van der Waals surface area contributed by atoms with Crippen molar-refractivity contribution < 1.29 is 4.79 Å². The van der Waals surface area contributed by atoms with Crippen molar-refractivity contribution in [2.45, 2.75) is 44.4 Å². The Morgan fingerprint density at radius 2 is 2.09 bits per heavy atom. The van der Waals surface area contributed by atoms with Crippen LogP contribution in [0.2, 0.25) is 0 Å². The Bertz CT molecular complexity index is 499. The maximum Gasteiger partial charge on any atom is 0.319 e. The number of rotatable bonds is 9. The van der Waals surface area contributed by atoms with Crippen LogP contribution in [0, 0.1) is 17.2 Å². The smallest absolute Gasteiger partial charge is 0.319 e. The minimum atomic E-state index is -0.169. The highest BCUT2D eigenvalue weighted by molar-refractivity contribution is 7.99. The standard InChI is InChI=1S/C17H25N3OS/c1-3-4-5-8-11-19-17(21)20-15-9-6-7-10-16(15)22-13-14(2)12-18/h6-7,9-10,14H,3-5,8,11,13H2,1-2H3,(H2,19,20,21). The third-order valence-corrected chi connectivity index (χ3v) is 4.49. The molecule has 0 saturated heterocycles. The molecule has 0 aromatic heterocycles. The van der Waals surface area contributed by atoms with Gasteiger partial charge in [-0.3, -0.25) is 0 Å². The minimum Gasteiger partial charge on any atom is -0.338 e. The van der Waals surface area contributed by atoms with Crippen LogP contribution in [0.1, 0.15) is 39.5 Å². The Labute approximate surface area is 137 Å². The van der Waals surface area contributed by atoms with Crippen LogP contribution >= 0.6 is 11.8 Å². The summed E-state index contributed by atoms with van der Waals surface area (Å²) in [5.41, 5.74) is 0.795. The Morgan fingerprint density at radius 1 is 1.32 bits per heavy atom. The first-order valence-electron chi connectivity index (χ1n) is 7.83. The fourth-order valence-electron chi connectivity index (χ4n) is 1.87. The van der Waals surface area contributed by atoms with E-state index in [1.54, 1.807) is 11.8 Å². The fourth-order valence-corrected chi connectivity index (χ4v) is 2.82. The number of nitriles is 1. The summed E-state index contributed by atoms with van der Waals surface area (Å²) in [5.74, 6) is 0.707. The predicted octanol–water partition coefficient (Wildman–Crippen LogP) is 4.64. The molecule has 0 radical (unpaired) electrons. The van der Waals surface area contributed by atoms with Crippen LogP contribution in [0.4, 0.5) is 10.5 Å². The van der Waals surface area contributed by atoms with Gasteiger partial charge in [-0.1, -0.05) is 38.3 Å². The molecule has 0 aliphatic heterocycles. The number of carbonyl (C=O) groups is 1. The zero-order valence-electron chi connectivity index (χ0n) is 13.4. The summed E-state index contributed by atoms with van der Waals surface area (Å²) in [6.45, 7) is 4.76. The van der Waals surface area contributed by atoms with Gasteiger partial charge in [0.05, 0.1) is 17.7 Å². The van der Waals surface area contributed by atoms with Gasteiger partial charge < -0.3 is 10.6 Å². The highest BCUT2D eigenvalue weighted by Crippen LogP contribution is 2.28. The van der Waals surface area contributed by atoms with Crippen molar-refractivity contribution in [3.63, 3.8) is 0 Å². The van der Waals surface area contributed by atoms with Crippen molar-refractivity contribution in [1.82, 2.24) is 5.32 Å². The lowest BCUT2D eigenvalue weighted by molar-refractivity contribution is 0.252. The van der Waals surface area contributed by atoms with Crippen molar-refractivity contribution in [2.24, 2.45) is 5.92 Å². The lowest BCUT2D eigenvalue weighted by atomic mass is 10.2. The Hall–Kier alpha value is -1.67. The van der Waals surface area contributed by atoms with Gasteiger partial charge >= 0.3 is 6.03 Å². The first kappa shape index (κ1) is 18.4. The molecule has 0 bridgehead atoms. The first-order chi connectivity index (χ1) is 10.7. The highest BCUT2D eigenvalue weighted by Gasteiger charge is 2.08. The molecule has 1 aromatic carbocycles. The first-order valence-corrected chi connectivity index (χ1v) is 8.82. The van der Waals surface area contributed by atoms with Crippen molar-refractivity contribution in [2.75, 3.05) is 17.6 Å². The third kappa shape index (κ3) is 7.37. The van der Waals surface area contributed by atoms with Crippen LogP contribution in [0.5, 0.6) is 0 Å². The fraction of sp³-hybridized carbons (Fsp3) is 0.529. The van der Waals surface area contributed by atoms with Gasteiger partial charge in [0.1, 0.15) is 0 Å². The second-order valence-electron chi connectivity index (χ2n) is 5.28. The molecule has 1 atom stereocenters. The highest BCUT2D eigenvalue weighted by atomic mass is 32.2. The maximum atomic E-state index is 11.9. The number of hydrogen-bond acceptors (Lipinski definition) is 3. The van der Waals surface area contributed by atoms with Crippen LogP contribution < -0.4 is 10.6 Å². The maximum absolute atomic E-state index is 11.9. The van der Waals surface area contributed by atoms with Gasteiger partial charge in [0, 0.05) is 17.2 Å². The van der Waals surface area contributed by atoms with Crippen LogP contribution in [-0.2, 0) is 0 Å². The number of unbranched alkanes of at least 4 members (excludes halogenated alkanes) is 3. The van der Waals surface area contributed by atoms with E-state index >= 15 is 0 Å². The average Bonchev–Trinajstić information content (AvgIpc) is 2.53. The summed E-state index contributed by atoms with van der Waals surface area (Å²) in [5, 5.41) is 14.6. The van der Waals surface area contributed by atoms with E-state index < -0.39 is 0 Å². The molecule has 22 heavy (non-hydrogen) atoms. The number of nitrogens with one attached hydrogen (secondary N) is 2. The van der Waals surface area contributed by atoms with Crippen LogP contribution in [0.3, 0.4) is 0 Å². The molecule has 4 nitrogen and oxygen atoms in total. The zero-order chi connectivity index (χ0) is 16.2. The zero-order valence-corrected chi connectivity index (χ0v) is 14.2. The van der Waals surface area contributed by atoms with Crippen molar-refractivity contribution in [1.29, 1.82) is 5.26 Å². The molecule has 0 spiro atoms. The van der Waals surface area contributed by atoms with Crippen LogP contribution in [0.25, 0.3) is 0 Å². The van der Waals surface area contributed by atoms with E-state index in [0.717, 1.165) is 23.4 Å². The van der Waals surface area contributed by atoms with E-state index in [-0.39, 0.29) is 11.9 Å². The molecule has 5 heteroatoms. The monoisotopic (exact) mass is 319 g/mol. The summed E-state index contributed by atoms with van der Waals surface area (Å²) < 4.78 is 0. The molecule has 2 N–H and O–H groups in total. The summed E-state index contributed by atoms with van der Waals surface area (Å²) >= 11 is 1.59. The van der Waals surface area contributed by atoms with Gasteiger partial charge in [0.2, 0.25) is 0 Å². The molecule has 2 amide bonds. The van der Waals surface area contributed by atoms with E-state index in [0.29, 0.717) is 12.3 Å². The molecule has 0 saturated carbocycles.